The molecule has 0 radical (unpaired) electrons. The maximum atomic E-state index is 12.3. The zero-order valence-corrected chi connectivity index (χ0v) is 17.3. The van der Waals surface area contributed by atoms with Crippen molar-refractivity contribution >= 4 is 11.6 Å². The molecule has 0 saturated carbocycles. The molecule has 0 saturated heterocycles. The van der Waals surface area contributed by atoms with Gasteiger partial charge in [-0.2, -0.15) is 10.1 Å². The van der Waals surface area contributed by atoms with E-state index in [1.165, 1.54) is 0 Å². The Morgan fingerprint density at radius 3 is 2.68 bits per heavy atom. The number of hydrogen-bond acceptors (Lipinski definition) is 7. The van der Waals surface area contributed by atoms with Gasteiger partial charge >= 0.3 is 0 Å². The van der Waals surface area contributed by atoms with Gasteiger partial charge in [0, 0.05) is 29.7 Å². The Bertz CT molecular complexity index is 1170. The number of H-pyrrole nitrogens is 1. The van der Waals surface area contributed by atoms with Gasteiger partial charge in [-0.15, -0.1) is 0 Å². The Labute approximate surface area is 178 Å². The lowest BCUT2D eigenvalue weighted by Gasteiger charge is -2.05. The first-order valence-corrected chi connectivity index (χ1v) is 9.87. The Hall–Kier alpha value is -4.01. The van der Waals surface area contributed by atoms with E-state index in [1.54, 1.807) is 7.11 Å². The summed E-state index contributed by atoms with van der Waals surface area (Å²) in [4.78, 5) is 21.0. The summed E-state index contributed by atoms with van der Waals surface area (Å²) in [7, 11) is 1.62. The highest BCUT2D eigenvalue weighted by Gasteiger charge is 2.11. The van der Waals surface area contributed by atoms with Gasteiger partial charge in [-0.3, -0.25) is 9.89 Å². The second kappa shape index (κ2) is 9.21. The van der Waals surface area contributed by atoms with Crippen LogP contribution in [-0.4, -0.2) is 38.3 Å². The van der Waals surface area contributed by atoms with Crippen LogP contribution in [0.2, 0.25) is 0 Å². The van der Waals surface area contributed by atoms with E-state index in [4.69, 9.17) is 9.26 Å². The van der Waals surface area contributed by atoms with Gasteiger partial charge in [-0.25, -0.2) is 4.98 Å². The first-order chi connectivity index (χ1) is 15.1. The molecule has 2 aromatic carbocycles. The molecule has 1 amide bonds. The van der Waals surface area contributed by atoms with Crippen molar-refractivity contribution in [1.29, 1.82) is 0 Å². The summed E-state index contributed by atoms with van der Waals surface area (Å²) in [5, 5.41) is 13.9. The van der Waals surface area contributed by atoms with E-state index in [0.717, 1.165) is 22.7 Å². The van der Waals surface area contributed by atoms with E-state index < -0.39 is 0 Å². The third kappa shape index (κ3) is 5.13. The van der Waals surface area contributed by atoms with Gasteiger partial charge in [-0.05, 0) is 49.7 Å². The van der Waals surface area contributed by atoms with Crippen LogP contribution in [-0.2, 0) is 11.2 Å². The molecule has 31 heavy (non-hydrogen) atoms. The fourth-order valence-corrected chi connectivity index (χ4v) is 3.05. The first-order valence-electron chi connectivity index (χ1n) is 9.87. The number of rotatable bonds is 8. The highest BCUT2D eigenvalue weighted by Crippen LogP contribution is 2.21. The summed E-state index contributed by atoms with van der Waals surface area (Å²) < 4.78 is 10.5. The number of carbonyl (C=O) groups is 1. The van der Waals surface area contributed by atoms with Gasteiger partial charge in [0.2, 0.25) is 17.6 Å². The molecule has 0 aliphatic rings. The molecule has 2 heterocycles. The molecule has 4 aromatic rings. The molecule has 9 heteroatoms. The number of carbonyl (C=O) groups excluding carboxylic acids is 1. The highest BCUT2D eigenvalue weighted by atomic mass is 16.5. The highest BCUT2D eigenvalue weighted by molar-refractivity contribution is 5.91. The van der Waals surface area contributed by atoms with Crippen molar-refractivity contribution in [3.8, 4) is 28.5 Å². The van der Waals surface area contributed by atoms with Crippen molar-refractivity contribution in [2.75, 3.05) is 12.4 Å². The number of nitrogens with zero attached hydrogens (tertiary/aromatic N) is 4. The lowest BCUT2D eigenvalue weighted by Crippen LogP contribution is -2.11. The predicted molar refractivity (Wildman–Crippen MR) is 114 cm³/mol. The summed E-state index contributed by atoms with van der Waals surface area (Å²) in [5.41, 5.74) is 2.37. The predicted octanol–water partition coefficient (Wildman–Crippen LogP) is 3.80. The average molecular weight is 418 g/mol. The molecular weight excluding hydrogens is 396 g/mol. The van der Waals surface area contributed by atoms with Gasteiger partial charge in [0.1, 0.15) is 11.6 Å². The number of hydrogen-bond donors (Lipinski definition) is 2. The largest absolute Gasteiger partial charge is 0.497 e. The zero-order valence-electron chi connectivity index (χ0n) is 17.3. The van der Waals surface area contributed by atoms with Gasteiger partial charge in [-0.1, -0.05) is 17.3 Å². The van der Waals surface area contributed by atoms with Crippen LogP contribution >= 0.6 is 0 Å². The minimum Gasteiger partial charge on any atom is -0.497 e. The van der Waals surface area contributed by atoms with Gasteiger partial charge in [0.15, 0.2) is 5.82 Å². The van der Waals surface area contributed by atoms with Crippen molar-refractivity contribution in [3.63, 3.8) is 0 Å². The molecule has 0 atom stereocenters. The zero-order chi connectivity index (χ0) is 21.6. The Morgan fingerprint density at radius 2 is 1.94 bits per heavy atom. The Kier molecular flexibility index (Phi) is 6.02. The number of nitrogens with one attached hydrogen (secondary N) is 2. The average Bonchev–Trinajstić information content (AvgIpc) is 3.43. The van der Waals surface area contributed by atoms with Crippen molar-refractivity contribution in [3.05, 3.63) is 60.2 Å². The molecule has 0 spiro atoms. The summed E-state index contributed by atoms with van der Waals surface area (Å²) in [6.45, 7) is 1.84. The maximum absolute atomic E-state index is 12.3. The summed E-state index contributed by atoms with van der Waals surface area (Å²) in [6, 6.07) is 14.9. The molecule has 2 aromatic heterocycles. The number of amides is 1. The van der Waals surface area contributed by atoms with Crippen molar-refractivity contribution in [2.24, 2.45) is 0 Å². The quantitative estimate of drug-likeness (QED) is 0.447. The standard InChI is InChI=1S/C22H22N6O3/c1-14-23-21(27-26-14)16-5-3-6-17(13-16)24-19(29)7-4-8-20-25-22(28-31-20)15-9-11-18(30-2)12-10-15/h3,5-6,9-13H,4,7-8H2,1-2H3,(H,24,29)(H,23,26,27). The third-order valence-corrected chi connectivity index (χ3v) is 4.61. The second-order valence-corrected chi connectivity index (χ2v) is 6.97. The van der Waals surface area contributed by atoms with E-state index in [1.807, 2.05) is 55.5 Å². The SMILES string of the molecule is COc1ccc(-c2noc(CCCC(=O)Nc3cccc(-c4n[nH]c(C)n4)c3)n2)cc1. The third-order valence-electron chi connectivity index (χ3n) is 4.61. The van der Waals surface area contributed by atoms with Crippen LogP contribution in [0, 0.1) is 6.92 Å². The minimum atomic E-state index is -0.0850. The number of ether oxygens (including phenoxy) is 1. The smallest absolute Gasteiger partial charge is 0.226 e. The lowest BCUT2D eigenvalue weighted by atomic mass is 10.1. The van der Waals surface area contributed by atoms with E-state index in [9.17, 15) is 4.79 Å². The van der Waals surface area contributed by atoms with Crippen LogP contribution in [0.3, 0.4) is 0 Å². The summed E-state index contributed by atoms with van der Waals surface area (Å²) in [5.74, 6) is 3.03. The Balaban J connectivity index is 1.28. The van der Waals surface area contributed by atoms with Crippen LogP contribution in [0.5, 0.6) is 5.75 Å². The first kappa shape index (κ1) is 20.3. The van der Waals surface area contributed by atoms with Crippen molar-refractivity contribution in [1.82, 2.24) is 25.3 Å². The van der Waals surface area contributed by atoms with Crippen molar-refractivity contribution < 1.29 is 14.1 Å². The number of benzene rings is 2. The summed E-state index contributed by atoms with van der Waals surface area (Å²) >= 11 is 0. The molecule has 0 aliphatic carbocycles. The van der Waals surface area contributed by atoms with Gasteiger partial charge in [0.05, 0.1) is 7.11 Å². The van der Waals surface area contributed by atoms with E-state index >= 15 is 0 Å². The van der Waals surface area contributed by atoms with Crippen LogP contribution in [0.25, 0.3) is 22.8 Å². The second-order valence-electron chi connectivity index (χ2n) is 6.97. The fourth-order valence-electron chi connectivity index (χ4n) is 3.05. The minimum absolute atomic E-state index is 0.0850. The van der Waals surface area contributed by atoms with Crippen LogP contribution < -0.4 is 10.1 Å². The van der Waals surface area contributed by atoms with Crippen LogP contribution in [0.4, 0.5) is 5.69 Å². The van der Waals surface area contributed by atoms with E-state index in [0.29, 0.717) is 42.5 Å². The Morgan fingerprint density at radius 1 is 1.10 bits per heavy atom. The monoisotopic (exact) mass is 418 g/mol. The molecule has 0 bridgehead atoms. The molecule has 0 fully saturated rings. The van der Waals surface area contributed by atoms with Crippen LogP contribution in [0.15, 0.2) is 53.1 Å². The molecular formula is C22H22N6O3. The number of aromatic amines is 1. The number of aryl methyl sites for hydroxylation is 2. The molecule has 2 N–H and O–H groups in total. The van der Waals surface area contributed by atoms with Gasteiger partial charge < -0.3 is 14.6 Å². The number of anilines is 1. The lowest BCUT2D eigenvalue weighted by molar-refractivity contribution is -0.116. The maximum Gasteiger partial charge on any atom is 0.226 e. The van der Waals surface area contributed by atoms with Gasteiger partial charge in [0.25, 0.3) is 0 Å². The van der Waals surface area contributed by atoms with E-state index in [2.05, 4.69) is 30.6 Å². The van der Waals surface area contributed by atoms with E-state index in [-0.39, 0.29) is 5.91 Å². The topological polar surface area (TPSA) is 119 Å². The normalized spacial score (nSPS) is 10.8. The molecule has 9 nitrogen and oxygen atoms in total. The molecule has 4 rings (SSSR count). The fraction of sp³-hybridized carbons (Fsp3) is 0.227. The number of aromatic nitrogens is 5. The van der Waals surface area contributed by atoms with Crippen molar-refractivity contribution in [2.45, 2.75) is 26.2 Å². The molecule has 0 unspecified atom stereocenters. The number of methoxy groups -OCH3 is 1. The molecule has 158 valence electrons. The molecule has 0 aliphatic heterocycles. The summed E-state index contributed by atoms with van der Waals surface area (Å²) in [6.07, 6.45) is 1.45. The van der Waals surface area contributed by atoms with Crippen LogP contribution in [0.1, 0.15) is 24.6 Å².